The predicted octanol–water partition coefficient (Wildman–Crippen LogP) is 3.42. The van der Waals surface area contributed by atoms with Crippen LogP contribution < -0.4 is 16.0 Å². The molecule has 4 atom stereocenters. The van der Waals surface area contributed by atoms with Crippen molar-refractivity contribution in [3.63, 3.8) is 0 Å². The maximum atomic E-state index is 12.6. The molecule has 8 nitrogen and oxygen atoms in total. The Balaban J connectivity index is 1.13. The second-order valence-electron chi connectivity index (χ2n) is 8.11. The summed E-state index contributed by atoms with van der Waals surface area (Å²) in [6, 6.07) is 22.5. The van der Waals surface area contributed by atoms with Crippen LogP contribution in [0.2, 0.25) is 0 Å². The lowest BCUT2D eigenvalue weighted by Crippen LogP contribution is -2.48. The molecule has 0 bridgehead atoms. The maximum absolute atomic E-state index is 12.6. The van der Waals surface area contributed by atoms with Crippen molar-refractivity contribution < 1.29 is 23.8 Å². The van der Waals surface area contributed by atoms with Crippen LogP contribution in [0.25, 0.3) is 10.8 Å². The fraction of sp³-hybridized carbons (Fsp3) is 0.280. The monoisotopic (exact) mass is 447 g/mol. The summed E-state index contributed by atoms with van der Waals surface area (Å²) in [7, 11) is 0. The minimum Gasteiger partial charge on any atom is -0.441 e. The van der Waals surface area contributed by atoms with Crippen LogP contribution in [-0.2, 0) is 20.8 Å². The summed E-state index contributed by atoms with van der Waals surface area (Å²) in [4.78, 5) is 24.9. The van der Waals surface area contributed by atoms with Gasteiger partial charge in [-0.15, -0.1) is 0 Å². The van der Waals surface area contributed by atoms with E-state index in [2.05, 4.69) is 16.0 Å². The fourth-order valence-electron chi connectivity index (χ4n) is 4.30. The molecule has 5 rings (SSSR count). The van der Waals surface area contributed by atoms with Crippen LogP contribution in [0.4, 0.5) is 15.3 Å². The molecule has 3 aromatic carbocycles. The molecule has 2 aliphatic rings. The molecule has 0 aromatic heterocycles. The second kappa shape index (κ2) is 9.48. The quantitative estimate of drug-likeness (QED) is 0.557. The van der Waals surface area contributed by atoms with E-state index in [1.807, 2.05) is 72.8 Å². The molecule has 8 heteroatoms. The Morgan fingerprint density at radius 3 is 2.52 bits per heavy atom. The van der Waals surface area contributed by atoms with Crippen molar-refractivity contribution in [1.29, 1.82) is 0 Å². The van der Waals surface area contributed by atoms with Crippen molar-refractivity contribution >= 4 is 28.6 Å². The van der Waals surface area contributed by atoms with Crippen molar-refractivity contribution in [3.8, 4) is 0 Å². The molecule has 2 saturated heterocycles. The third-order valence-corrected chi connectivity index (χ3v) is 5.91. The molecule has 0 aliphatic carbocycles. The van der Waals surface area contributed by atoms with Crippen LogP contribution in [-0.4, -0.2) is 49.7 Å². The van der Waals surface area contributed by atoms with Gasteiger partial charge in [0.1, 0.15) is 12.2 Å². The molecule has 3 amide bonds. The molecule has 2 aliphatic heterocycles. The molecule has 0 spiro atoms. The van der Waals surface area contributed by atoms with Gasteiger partial charge in [-0.2, -0.15) is 0 Å². The van der Waals surface area contributed by atoms with Crippen LogP contribution in [0.15, 0.2) is 72.8 Å². The average molecular weight is 447 g/mol. The minimum absolute atomic E-state index is 0.210. The van der Waals surface area contributed by atoms with Gasteiger partial charge in [-0.3, -0.25) is 5.32 Å². The third-order valence-electron chi connectivity index (χ3n) is 5.91. The number of rotatable bonds is 5. The average Bonchev–Trinajstić information content (AvgIpc) is 3.42. The standard InChI is InChI=1S/C25H25N3O5/c29-24(26-13-16-7-2-1-3-8-16)27-20-14-31-23-21(15-32-22(20)23)33-25(30)28-19-12-6-10-17-9-4-5-11-18(17)19/h1-12,20-23H,13-15H2,(H,28,30)(H2,26,27,29)/t20-,21+,22+,23+/m0/s1. The van der Waals surface area contributed by atoms with E-state index in [4.69, 9.17) is 14.2 Å². The Bertz CT molecular complexity index is 1130. The lowest BCUT2D eigenvalue weighted by Gasteiger charge is -2.18. The highest BCUT2D eigenvalue weighted by Crippen LogP contribution is 2.30. The van der Waals surface area contributed by atoms with Crippen molar-refractivity contribution in [2.45, 2.75) is 30.9 Å². The highest BCUT2D eigenvalue weighted by molar-refractivity contribution is 6.00. The first-order chi connectivity index (χ1) is 16.2. The lowest BCUT2D eigenvalue weighted by atomic mass is 10.1. The number of urea groups is 1. The van der Waals surface area contributed by atoms with Gasteiger partial charge < -0.3 is 24.8 Å². The Labute approximate surface area is 191 Å². The number of amides is 3. The third kappa shape index (κ3) is 4.76. The van der Waals surface area contributed by atoms with Crippen LogP contribution in [0.3, 0.4) is 0 Å². The van der Waals surface area contributed by atoms with Crippen molar-refractivity contribution in [1.82, 2.24) is 10.6 Å². The molecule has 3 aromatic rings. The van der Waals surface area contributed by atoms with Gasteiger partial charge in [0.15, 0.2) is 6.10 Å². The number of nitrogens with one attached hydrogen (secondary N) is 3. The zero-order valence-electron chi connectivity index (χ0n) is 17.9. The molecular weight excluding hydrogens is 422 g/mol. The first-order valence-corrected chi connectivity index (χ1v) is 10.9. The van der Waals surface area contributed by atoms with E-state index in [1.165, 1.54) is 0 Å². The van der Waals surface area contributed by atoms with Crippen LogP contribution in [0.5, 0.6) is 0 Å². The summed E-state index contributed by atoms with van der Waals surface area (Å²) in [5.41, 5.74) is 1.69. The number of hydrogen-bond donors (Lipinski definition) is 3. The molecule has 0 radical (unpaired) electrons. The van der Waals surface area contributed by atoms with E-state index >= 15 is 0 Å². The van der Waals surface area contributed by atoms with Crippen LogP contribution in [0, 0.1) is 0 Å². The van der Waals surface area contributed by atoms with E-state index in [0.717, 1.165) is 16.3 Å². The van der Waals surface area contributed by atoms with Gasteiger partial charge in [0, 0.05) is 11.9 Å². The molecule has 0 unspecified atom stereocenters. The van der Waals surface area contributed by atoms with Crippen molar-refractivity contribution in [3.05, 3.63) is 78.4 Å². The Morgan fingerprint density at radius 1 is 0.879 bits per heavy atom. The highest BCUT2D eigenvalue weighted by atomic mass is 16.6. The topological polar surface area (TPSA) is 97.9 Å². The van der Waals surface area contributed by atoms with E-state index in [-0.39, 0.29) is 24.8 Å². The van der Waals surface area contributed by atoms with Crippen molar-refractivity contribution in [2.75, 3.05) is 18.5 Å². The second-order valence-corrected chi connectivity index (χ2v) is 8.11. The number of fused-ring (bicyclic) bond motifs is 2. The van der Waals surface area contributed by atoms with E-state index in [1.54, 1.807) is 0 Å². The smallest absolute Gasteiger partial charge is 0.412 e. The van der Waals surface area contributed by atoms with Gasteiger partial charge in [0.05, 0.1) is 24.9 Å². The first kappa shape index (κ1) is 21.2. The molecule has 170 valence electrons. The summed E-state index contributed by atoms with van der Waals surface area (Å²) in [5.74, 6) is 0. The Kier molecular flexibility index (Phi) is 6.10. The number of carbonyl (C=O) groups is 2. The van der Waals surface area contributed by atoms with Crippen molar-refractivity contribution in [2.24, 2.45) is 0 Å². The summed E-state index contributed by atoms with van der Waals surface area (Å²) in [6.07, 6.45) is -1.92. The minimum atomic E-state index is -0.568. The predicted molar refractivity (Wildman–Crippen MR) is 123 cm³/mol. The van der Waals surface area contributed by atoms with E-state index in [0.29, 0.717) is 18.8 Å². The zero-order valence-corrected chi connectivity index (χ0v) is 17.9. The molecule has 0 saturated carbocycles. The summed E-state index contributed by atoms with van der Waals surface area (Å²) >= 11 is 0. The number of hydrogen-bond acceptors (Lipinski definition) is 5. The molecular formula is C25H25N3O5. The van der Waals surface area contributed by atoms with Crippen LogP contribution in [0.1, 0.15) is 5.56 Å². The fourth-order valence-corrected chi connectivity index (χ4v) is 4.30. The summed E-state index contributed by atoms with van der Waals surface area (Å²) in [6.45, 7) is 0.927. The number of benzene rings is 3. The summed E-state index contributed by atoms with van der Waals surface area (Å²) < 4.78 is 17.2. The van der Waals surface area contributed by atoms with Crippen LogP contribution >= 0.6 is 0 Å². The molecule has 2 fully saturated rings. The van der Waals surface area contributed by atoms with E-state index < -0.39 is 18.3 Å². The molecule has 33 heavy (non-hydrogen) atoms. The van der Waals surface area contributed by atoms with Gasteiger partial charge in [0.25, 0.3) is 0 Å². The maximum Gasteiger partial charge on any atom is 0.412 e. The number of ether oxygens (including phenoxy) is 3. The van der Waals surface area contributed by atoms with Gasteiger partial charge in [-0.25, -0.2) is 9.59 Å². The normalized spacial score (nSPS) is 23.6. The van der Waals surface area contributed by atoms with Gasteiger partial charge in [0.2, 0.25) is 0 Å². The van der Waals surface area contributed by atoms with Gasteiger partial charge >= 0.3 is 12.1 Å². The largest absolute Gasteiger partial charge is 0.441 e. The first-order valence-electron chi connectivity index (χ1n) is 10.9. The molecule has 3 N–H and O–H groups in total. The van der Waals surface area contributed by atoms with Gasteiger partial charge in [-0.05, 0) is 17.0 Å². The summed E-state index contributed by atoms with van der Waals surface area (Å²) in [5, 5.41) is 10.5. The number of anilines is 1. The Morgan fingerprint density at radius 2 is 1.64 bits per heavy atom. The van der Waals surface area contributed by atoms with E-state index in [9.17, 15) is 9.59 Å². The highest BCUT2D eigenvalue weighted by Gasteiger charge is 2.50. The molecule has 2 heterocycles. The SMILES string of the molecule is O=C(NCc1ccccc1)N[C@H]1CO[C@H]2[C@@H]1OC[C@H]2OC(=O)Nc1cccc2ccccc12. The lowest BCUT2D eigenvalue weighted by molar-refractivity contribution is 0.00872. The Hall–Kier alpha value is -3.62. The zero-order chi connectivity index (χ0) is 22.6. The van der Waals surface area contributed by atoms with Gasteiger partial charge in [-0.1, -0.05) is 66.7 Å². The number of carbonyl (C=O) groups excluding carboxylic acids is 2.